The molecule has 0 radical (unpaired) electrons. The van der Waals surface area contributed by atoms with Gasteiger partial charge in [-0.25, -0.2) is 4.90 Å². The number of hydrogen-bond donors (Lipinski definition) is 1. The Hall–Kier alpha value is -3.87. The number of imide groups is 1. The summed E-state index contributed by atoms with van der Waals surface area (Å²) in [6.45, 7) is 7.00. The van der Waals surface area contributed by atoms with E-state index in [-0.39, 0.29) is 11.1 Å². The first-order chi connectivity index (χ1) is 19.9. The molecule has 1 heterocycles. The molecule has 1 unspecified atom stereocenters. The van der Waals surface area contributed by atoms with Gasteiger partial charge in [0.2, 0.25) is 0 Å². The number of fused-ring (bicyclic) bond motifs is 2. The predicted octanol–water partition coefficient (Wildman–Crippen LogP) is 8.14. The predicted molar refractivity (Wildman–Crippen MR) is 161 cm³/mol. The van der Waals surface area contributed by atoms with Crippen molar-refractivity contribution in [2.75, 3.05) is 18.1 Å². The van der Waals surface area contributed by atoms with Gasteiger partial charge in [0.15, 0.2) is 0 Å². The molecule has 0 aromatic heterocycles. The molecule has 0 saturated carbocycles. The highest BCUT2D eigenvalue weighted by Gasteiger charge is 2.43. The van der Waals surface area contributed by atoms with Crippen LogP contribution in [0.25, 0.3) is 10.8 Å². The molecular weight excluding hydrogens is 518 g/mol. The molecule has 4 rings (SSSR count). The van der Waals surface area contributed by atoms with E-state index in [2.05, 4.69) is 13.8 Å². The Kier molecular flexibility index (Phi) is 10.4. The number of carbonyl (C=O) groups is 3. The third-order valence-electron chi connectivity index (χ3n) is 7.70. The zero-order valence-electron chi connectivity index (χ0n) is 24.4. The smallest absolute Gasteiger partial charge is 0.310 e. The summed E-state index contributed by atoms with van der Waals surface area (Å²) < 4.78 is 12.6. The summed E-state index contributed by atoms with van der Waals surface area (Å²) in [7, 11) is 0. The van der Waals surface area contributed by atoms with Crippen LogP contribution in [0.5, 0.6) is 11.5 Å². The lowest BCUT2D eigenvalue weighted by Crippen LogP contribution is -2.29. The molecule has 7 nitrogen and oxygen atoms in total. The van der Waals surface area contributed by atoms with E-state index in [4.69, 9.17) is 9.47 Å². The lowest BCUT2D eigenvalue weighted by atomic mass is 9.96. The highest BCUT2D eigenvalue weighted by molar-refractivity contribution is 6.38. The molecule has 7 heteroatoms. The van der Waals surface area contributed by atoms with Crippen LogP contribution >= 0.6 is 0 Å². The fourth-order valence-corrected chi connectivity index (χ4v) is 5.45. The second-order valence-corrected chi connectivity index (χ2v) is 10.6. The molecule has 1 aliphatic rings. The van der Waals surface area contributed by atoms with Crippen molar-refractivity contribution in [2.45, 2.75) is 84.5 Å². The van der Waals surface area contributed by atoms with Gasteiger partial charge in [-0.3, -0.25) is 14.4 Å². The van der Waals surface area contributed by atoms with Crippen LogP contribution < -0.4 is 14.4 Å². The molecule has 1 aliphatic heterocycles. The lowest BCUT2D eigenvalue weighted by Gasteiger charge is -2.17. The number of nitrogens with zero attached hydrogens (tertiary/aromatic N) is 1. The Balaban J connectivity index is 1.77. The van der Waals surface area contributed by atoms with Gasteiger partial charge in [-0.1, -0.05) is 95.7 Å². The van der Waals surface area contributed by atoms with Crippen molar-refractivity contribution in [2.24, 2.45) is 0 Å². The third kappa shape index (κ3) is 6.39. The van der Waals surface area contributed by atoms with Crippen molar-refractivity contribution in [1.29, 1.82) is 0 Å². The summed E-state index contributed by atoms with van der Waals surface area (Å²) >= 11 is 0. The average molecular weight is 560 g/mol. The summed E-state index contributed by atoms with van der Waals surface area (Å²) in [4.78, 5) is 40.9. The maximum Gasteiger partial charge on any atom is 0.310 e. The Bertz CT molecular complexity index is 1310. The molecule has 0 aliphatic carbocycles. The van der Waals surface area contributed by atoms with Crippen LogP contribution in [-0.2, 0) is 4.79 Å². The van der Waals surface area contributed by atoms with Crippen LogP contribution in [0.2, 0.25) is 0 Å². The van der Waals surface area contributed by atoms with E-state index in [0.717, 1.165) is 67.0 Å². The molecule has 0 fully saturated rings. The molecule has 0 saturated heterocycles. The van der Waals surface area contributed by atoms with Gasteiger partial charge in [0.1, 0.15) is 11.5 Å². The van der Waals surface area contributed by atoms with Gasteiger partial charge in [-0.15, -0.1) is 0 Å². The summed E-state index contributed by atoms with van der Waals surface area (Å²) in [5, 5.41) is 11.0. The largest absolute Gasteiger partial charge is 0.492 e. The minimum absolute atomic E-state index is 0.230. The number of carboxylic acids is 1. The molecule has 41 heavy (non-hydrogen) atoms. The number of carboxylic acid groups (broad SMARTS) is 1. The fourth-order valence-electron chi connectivity index (χ4n) is 5.45. The number of aliphatic carboxylic acids is 1. The molecule has 1 N–H and O–H groups in total. The first-order valence-electron chi connectivity index (χ1n) is 15.0. The normalized spacial score (nSPS) is 13.5. The topological polar surface area (TPSA) is 93.1 Å². The van der Waals surface area contributed by atoms with Gasteiger partial charge >= 0.3 is 5.97 Å². The first kappa shape index (κ1) is 30.1. The van der Waals surface area contributed by atoms with Crippen molar-refractivity contribution in [3.8, 4) is 11.5 Å². The van der Waals surface area contributed by atoms with Gasteiger partial charge in [0.05, 0.1) is 35.9 Å². The Morgan fingerprint density at radius 1 is 0.732 bits per heavy atom. The summed E-state index contributed by atoms with van der Waals surface area (Å²) in [5.41, 5.74) is 1.47. The quantitative estimate of drug-likeness (QED) is 0.141. The minimum Gasteiger partial charge on any atom is -0.492 e. The number of rotatable bonds is 16. The maximum absolute atomic E-state index is 14.0. The van der Waals surface area contributed by atoms with Gasteiger partial charge in [-0.05, 0) is 37.0 Å². The molecule has 3 aromatic rings. The van der Waals surface area contributed by atoms with Gasteiger partial charge in [0, 0.05) is 10.8 Å². The molecule has 3 aromatic carbocycles. The Morgan fingerprint density at radius 2 is 1.22 bits per heavy atom. The fraction of sp³-hybridized carbons (Fsp3) is 0.441. The number of carbonyl (C=O) groups excluding carboxylic acids is 2. The van der Waals surface area contributed by atoms with Gasteiger partial charge in [-0.2, -0.15) is 0 Å². The summed E-state index contributed by atoms with van der Waals surface area (Å²) in [5.74, 6) is -1.66. The van der Waals surface area contributed by atoms with E-state index in [1.165, 1.54) is 0 Å². The molecule has 2 amide bonds. The van der Waals surface area contributed by atoms with E-state index in [1.54, 1.807) is 24.3 Å². The average Bonchev–Trinajstić information content (AvgIpc) is 3.23. The monoisotopic (exact) mass is 559 g/mol. The van der Waals surface area contributed by atoms with Crippen LogP contribution in [0, 0.1) is 0 Å². The second kappa shape index (κ2) is 14.2. The minimum atomic E-state index is -0.908. The first-order valence-corrected chi connectivity index (χ1v) is 15.0. The number of ether oxygens (including phenoxy) is 2. The van der Waals surface area contributed by atoms with Crippen LogP contribution in [0.1, 0.15) is 111 Å². The Labute approximate surface area is 242 Å². The van der Waals surface area contributed by atoms with Crippen LogP contribution in [0.3, 0.4) is 0 Å². The highest BCUT2D eigenvalue weighted by atomic mass is 16.5. The number of unbranched alkanes of at least 4 members (excludes halogenated alkanes) is 6. The second-order valence-electron chi connectivity index (χ2n) is 10.6. The van der Waals surface area contributed by atoms with Crippen molar-refractivity contribution in [1.82, 2.24) is 0 Å². The molecule has 0 spiro atoms. The van der Waals surface area contributed by atoms with Crippen LogP contribution in [0.4, 0.5) is 5.69 Å². The van der Waals surface area contributed by atoms with Crippen molar-refractivity contribution >= 4 is 34.2 Å². The zero-order valence-corrected chi connectivity index (χ0v) is 24.4. The van der Waals surface area contributed by atoms with E-state index >= 15 is 0 Å². The number of anilines is 1. The van der Waals surface area contributed by atoms with Crippen LogP contribution in [0.15, 0.2) is 48.5 Å². The van der Waals surface area contributed by atoms with Crippen LogP contribution in [-0.4, -0.2) is 36.1 Å². The number of amides is 2. The van der Waals surface area contributed by atoms with E-state index in [9.17, 15) is 19.5 Å². The standard InChI is InChI=1S/C34H41NO6/c1-4-7-9-13-21-40-30-26-15-11-12-16-27(26)31(41-22-14-10-8-5-2)29-28(30)32(36)35(33(29)37)24-19-17-23(18-20-24)25(6-3)34(38)39/h11-12,15-20,25H,4-10,13-14,21-22H2,1-3H3,(H,38,39). The van der Waals surface area contributed by atoms with E-state index in [1.807, 2.05) is 31.2 Å². The molecular formula is C34H41NO6. The molecule has 1 atom stereocenters. The van der Waals surface area contributed by atoms with E-state index < -0.39 is 23.7 Å². The Morgan fingerprint density at radius 3 is 1.63 bits per heavy atom. The van der Waals surface area contributed by atoms with Crippen molar-refractivity contribution < 1.29 is 29.0 Å². The lowest BCUT2D eigenvalue weighted by molar-refractivity contribution is -0.138. The maximum atomic E-state index is 14.0. The van der Waals surface area contributed by atoms with Gasteiger partial charge < -0.3 is 14.6 Å². The number of hydrogen-bond acceptors (Lipinski definition) is 5. The highest BCUT2D eigenvalue weighted by Crippen LogP contribution is 2.46. The van der Waals surface area contributed by atoms with Gasteiger partial charge in [0.25, 0.3) is 11.8 Å². The summed E-state index contributed by atoms with van der Waals surface area (Å²) in [6.07, 6.45) is 8.61. The summed E-state index contributed by atoms with van der Waals surface area (Å²) in [6, 6.07) is 14.2. The SMILES string of the molecule is CCCCCCOc1c2c(c(OCCCCCC)c3ccccc13)C(=O)N(c1ccc(C(CC)C(=O)O)cc1)C2=O. The number of benzene rings is 3. The van der Waals surface area contributed by atoms with Crippen molar-refractivity contribution in [3.05, 3.63) is 65.2 Å². The molecule has 0 bridgehead atoms. The van der Waals surface area contributed by atoms with E-state index in [0.29, 0.717) is 42.4 Å². The molecule has 218 valence electrons. The third-order valence-corrected chi connectivity index (χ3v) is 7.70. The zero-order chi connectivity index (χ0) is 29.4. The van der Waals surface area contributed by atoms with Crippen molar-refractivity contribution in [3.63, 3.8) is 0 Å².